The Morgan fingerprint density at radius 2 is 1.79 bits per heavy atom. The molecule has 3 rings (SSSR count). The smallest absolute Gasteiger partial charge is 0.416 e. The van der Waals surface area contributed by atoms with E-state index in [4.69, 9.17) is 4.74 Å². The van der Waals surface area contributed by atoms with Crippen LogP contribution >= 0.6 is 0 Å². The number of hydrogen-bond donors (Lipinski definition) is 0. The number of aromatic nitrogens is 3. The van der Waals surface area contributed by atoms with Crippen molar-refractivity contribution < 1.29 is 22.7 Å². The highest BCUT2D eigenvalue weighted by atomic mass is 19.4. The molecule has 0 radical (unpaired) electrons. The summed E-state index contributed by atoms with van der Waals surface area (Å²) in [6, 6.07) is 14.0. The third-order valence-corrected chi connectivity index (χ3v) is 3.96. The van der Waals surface area contributed by atoms with Gasteiger partial charge in [0, 0.05) is 0 Å². The quantitative estimate of drug-likeness (QED) is 0.489. The van der Waals surface area contributed by atoms with Gasteiger partial charge < -0.3 is 4.74 Å². The van der Waals surface area contributed by atoms with E-state index in [9.17, 15) is 18.0 Å². The van der Waals surface area contributed by atoms with Gasteiger partial charge in [-0.05, 0) is 29.3 Å². The van der Waals surface area contributed by atoms with Crippen molar-refractivity contribution in [3.8, 4) is 0 Å². The van der Waals surface area contributed by atoms with E-state index in [1.54, 1.807) is 12.3 Å². The molecule has 0 N–H and O–H groups in total. The molecule has 5 nitrogen and oxygen atoms in total. The highest BCUT2D eigenvalue weighted by molar-refractivity contribution is 6.20. The van der Waals surface area contributed by atoms with Crippen molar-refractivity contribution in [1.29, 1.82) is 0 Å². The van der Waals surface area contributed by atoms with Crippen LogP contribution in [0.1, 0.15) is 22.4 Å². The lowest BCUT2D eigenvalue weighted by Gasteiger charge is -2.07. The fourth-order valence-corrected chi connectivity index (χ4v) is 2.55. The van der Waals surface area contributed by atoms with Crippen LogP contribution in [0.15, 0.2) is 60.8 Å². The summed E-state index contributed by atoms with van der Waals surface area (Å²) in [5, 5.41) is 7.96. The number of nitrogens with zero attached hydrogens (tertiary/aromatic N) is 3. The van der Waals surface area contributed by atoms with Crippen molar-refractivity contribution in [2.75, 3.05) is 7.11 Å². The van der Waals surface area contributed by atoms with Crippen LogP contribution in [-0.4, -0.2) is 28.1 Å². The second-order valence-corrected chi connectivity index (χ2v) is 5.96. The average Bonchev–Trinajstić information content (AvgIpc) is 3.14. The van der Waals surface area contributed by atoms with Crippen molar-refractivity contribution in [3.05, 3.63) is 83.2 Å². The Hall–Kier alpha value is -3.42. The van der Waals surface area contributed by atoms with Gasteiger partial charge in [-0.25, -0.2) is 9.48 Å². The Balaban J connectivity index is 1.83. The average molecular weight is 387 g/mol. The molecule has 0 unspecified atom stereocenters. The van der Waals surface area contributed by atoms with Gasteiger partial charge in [0.15, 0.2) is 0 Å². The molecule has 0 fully saturated rings. The van der Waals surface area contributed by atoms with Crippen LogP contribution in [0.25, 0.3) is 11.6 Å². The first-order chi connectivity index (χ1) is 13.4. The maximum Gasteiger partial charge on any atom is 0.416 e. The van der Waals surface area contributed by atoms with E-state index in [1.165, 1.54) is 23.9 Å². The first-order valence-electron chi connectivity index (χ1n) is 8.28. The molecule has 0 atom stereocenters. The maximum atomic E-state index is 12.6. The summed E-state index contributed by atoms with van der Waals surface area (Å²) in [6.45, 7) is 0.213. The van der Waals surface area contributed by atoms with Gasteiger partial charge in [-0.15, -0.1) is 5.10 Å². The minimum absolute atomic E-state index is 0.213. The molecule has 144 valence electrons. The Morgan fingerprint density at radius 1 is 1.11 bits per heavy atom. The van der Waals surface area contributed by atoms with Gasteiger partial charge in [0.1, 0.15) is 5.69 Å². The van der Waals surface area contributed by atoms with Crippen LogP contribution in [0.5, 0.6) is 0 Å². The van der Waals surface area contributed by atoms with Gasteiger partial charge in [0.05, 0.1) is 31.0 Å². The minimum atomic E-state index is -4.38. The Kier molecular flexibility index (Phi) is 5.58. The van der Waals surface area contributed by atoms with Crippen molar-refractivity contribution >= 4 is 17.6 Å². The van der Waals surface area contributed by atoms with Crippen LogP contribution in [0.3, 0.4) is 0 Å². The summed E-state index contributed by atoms with van der Waals surface area (Å²) in [7, 11) is 1.27. The summed E-state index contributed by atoms with van der Waals surface area (Å²) >= 11 is 0. The maximum absolute atomic E-state index is 12.6. The SMILES string of the molecule is COC(=O)C(=Cc1ccccc1)c1cn(Cc2ccc(C(F)(F)F)cc2)nn1. The van der Waals surface area contributed by atoms with E-state index in [0.29, 0.717) is 11.3 Å². The van der Waals surface area contributed by atoms with Crippen LogP contribution < -0.4 is 0 Å². The molecule has 28 heavy (non-hydrogen) atoms. The van der Waals surface area contributed by atoms with Crippen molar-refractivity contribution in [2.45, 2.75) is 12.7 Å². The highest BCUT2D eigenvalue weighted by Gasteiger charge is 2.29. The summed E-state index contributed by atoms with van der Waals surface area (Å²) in [5.74, 6) is -0.564. The van der Waals surface area contributed by atoms with Crippen LogP contribution in [0, 0.1) is 0 Å². The number of methoxy groups -OCH3 is 1. The second kappa shape index (κ2) is 8.08. The predicted molar refractivity (Wildman–Crippen MR) is 96.9 cm³/mol. The van der Waals surface area contributed by atoms with E-state index >= 15 is 0 Å². The van der Waals surface area contributed by atoms with Crippen LogP contribution in [-0.2, 0) is 22.3 Å². The van der Waals surface area contributed by atoms with E-state index in [0.717, 1.165) is 17.7 Å². The van der Waals surface area contributed by atoms with Crippen LogP contribution in [0.2, 0.25) is 0 Å². The predicted octanol–water partition coefficient (Wildman–Crippen LogP) is 4.06. The number of ether oxygens (including phenoxy) is 1. The number of hydrogen-bond acceptors (Lipinski definition) is 4. The van der Waals surface area contributed by atoms with Gasteiger partial charge in [0.25, 0.3) is 0 Å². The number of carbonyl (C=O) groups excluding carboxylic acids is 1. The first-order valence-corrected chi connectivity index (χ1v) is 8.28. The molecular formula is C20H16F3N3O2. The molecule has 0 aliphatic rings. The van der Waals surface area contributed by atoms with Crippen molar-refractivity contribution in [3.63, 3.8) is 0 Å². The molecule has 0 saturated carbocycles. The third kappa shape index (κ3) is 4.64. The Labute approximate surface area is 159 Å². The zero-order valence-electron chi connectivity index (χ0n) is 14.8. The first kappa shape index (κ1) is 19.3. The molecule has 8 heteroatoms. The Morgan fingerprint density at radius 3 is 2.39 bits per heavy atom. The standard InChI is InChI=1S/C20H16F3N3O2/c1-28-19(27)17(11-14-5-3-2-4-6-14)18-13-26(25-24-18)12-15-7-9-16(10-8-15)20(21,22)23/h2-11,13H,12H2,1H3. The lowest BCUT2D eigenvalue weighted by Crippen LogP contribution is -2.06. The molecule has 0 aliphatic heterocycles. The fraction of sp³-hybridized carbons (Fsp3) is 0.150. The van der Waals surface area contributed by atoms with Crippen molar-refractivity contribution in [1.82, 2.24) is 15.0 Å². The highest BCUT2D eigenvalue weighted by Crippen LogP contribution is 2.29. The minimum Gasteiger partial charge on any atom is -0.465 e. The fourth-order valence-electron chi connectivity index (χ4n) is 2.55. The molecule has 1 aromatic heterocycles. The van der Waals surface area contributed by atoms with Crippen LogP contribution in [0.4, 0.5) is 13.2 Å². The monoisotopic (exact) mass is 387 g/mol. The zero-order chi connectivity index (χ0) is 20.1. The summed E-state index contributed by atoms with van der Waals surface area (Å²) in [5.41, 5.74) is 1.24. The second-order valence-electron chi connectivity index (χ2n) is 5.96. The summed E-state index contributed by atoms with van der Waals surface area (Å²) in [6.07, 6.45) is -1.20. The molecular weight excluding hydrogens is 371 g/mol. The number of esters is 1. The van der Waals surface area contributed by atoms with E-state index < -0.39 is 17.7 Å². The van der Waals surface area contributed by atoms with E-state index in [1.807, 2.05) is 30.3 Å². The zero-order valence-corrected chi connectivity index (χ0v) is 14.8. The molecule has 1 heterocycles. The molecule has 0 aliphatic carbocycles. The molecule has 0 saturated heterocycles. The topological polar surface area (TPSA) is 57.0 Å². The summed E-state index contributed by atoms with van der Waals surface area (Å²) in [4.78, 5) is 12.1. The Bertz CT molecular complexity index is 978. The van der Waals surface area contributed by atoms with E-state index in [2.05, 4.69) is 10.3 Å². The van der Waals surface area contributed by atoms with Gasteiger partial charge in [-0.2, -0.15) is 13.2 Å². The number of alkyl halides is 3. The van der Waals surface area contributed by atoms with Gasteiger partial charge in [0.2, 0.25) is 0 Å². The molecule has 3 aromatic rings. The molecule has 0 amide bonds. The van der Waals surface area contributed by atoms with E-state index in [-0.39, 0.29) is 12.1 Å². The molecule has 0 bridgehead atoms. The lowest BCUT2D eigenvalue weighted by molar-refractivity contribution is -0.137. The molecule has 2 aromatic carbocycles. The number of benzene rings is 2. The number of halogens is 3. The van der Waals surface area contributed by atoms with Gasteiger partial charge in [-0.3, -0.25) is 0 Å². The van der Waals surface area contributed by atoms with Crippen molar-refractivity contribution in [2.24, 2.45) is 0 Å². The van der Waals surface area contributed by atoms with Gasteiger partial charge >= 0.3 is 12.1 Å². The third-order valence-electron chi connectivity index (χ3n) is 3.96. The number of rotatable bonds is 5. The molecule has 0 spiro atoms. The normalized spacial score (nSPS) is 12.1. The largest absolute Gasteiger partial charge is 0.465 e. The lowest BCUT2D eigenvalue weighted by atomic mass is 10.1. The van der Waals surface area contributed by atoms with Gasteiger partial charge in [-0.1, -0.05) is 47.7 Å². The summed E-state index contributed by atoms with van der Waals surface area (Å²) < 4.78 is 44.2. The number of carbonyl (C=O) groups is 1.